The second kappa shape index (κ2) is 2.76. The van der Waals surface area contributed by atoms with Crippen molar-refractivity contribution in [2.45, 2.75) is 18.8 Å². The molecule has 1 heterocycles. The van der Waals surface area contributed by atoms with Gasteiger partial charge in [-0.3, -0.25) is 0 Å². The summed E-state index contributed by atoms with van der Waals surface area (Å²) >= 11 is 3.53. The number of H-pyrrole nitrogens is 1. The number of nitrogens with one attached hydrogen (secondary N) is 1. The number of benzene rings is 1. The van der Waals surface area contributed by atoms with Crippen molar-refractivity contribution in [2.75, 3.05) is 5.73 Å². The van der Waals surface area contributed by atoms with E-state index in [9.17, 15) is 0 Å². The third kappa shape index (κ3) is 1.16. The number of nitrogens with two attached hydrogens (primary N) is 1. The Morgan fingerprint density at radius 2 is 2.14 bits per heavy atom. The zero-order valence-corrected chi connectivity index (χ0v) is 9.26. The molecule has 3 heteroatoms. The van der Waals surface area contributed by atoms with Gasteiger partial charge in [-0.25, -0.2) is 0 Å². The lowest BCUT2D eigenvalue weighted by molar-refractivity contribution is 1.06. The van der Waals surface area contributed by atoms with Gasteiger partial charge in [-0.2, -0.15) is 0 Å². The highest BCUT2D eigenvalue weighted by molar-refractivity contribution is 9.10. The number of halogens is 1. The summed E-state index contributed by atoms with van der Waals surface area (Å²) < 4.78 is 1.09. The van der Waals surface area contributed by atoms with Gasteiger partial charge < -0.3 is 10.7 Å². The number of hydrogen-bond acceptors (Lipinski definition) is 1. The first-order chi connectivity index (χ1) is 6.75. The number of anilines is 1. The van der Waals surface area contributed by atoms with Crippen LogP contribution in [0.5, 0.6) is 0 Å². The van der Waals surface area contributed by atoms with Gasteiger partial charge >= 0.3 is 0 Å². The van der Waals surface area contributed by atoms with Crippen molar-refractivity contribution in [2.24, 2.45) is 0 Å². The van der Waals surface area contributed by atoms with E-state index in [1.807, 2.05) is 12.1 Å². The van der Waals surface area contributed by atoms with Gasteiger partial charge in [-0.15, -0.1) is 0 Å². The SMILES string of the molecule is Nc1ccc(Br)c2[nH]c(C3CC3)cc12. The van der Waals surface area contributed by atoms with Gasteiger partial charge in [0.05, 0.1) is 5.52 Å². The molecule has 0 aliphatic heterocycles. The third-order valence-electron chi connectivity index (χ3n) is 2.81. The van der Waals surface area contributed by atoms with E-state index >= 15 is 0 Å². The lowest BCUT2D eigenvalue weighted by Gasteiger charge is -1.97. The van der Waals surface area contributed by atoms with E-state index in [2.05, 4.69) is 27.0 Å². The van der Waals surface area contributed by atoms with Crippen LogP contribution in [0.1, 0.15) is 24.5 Å². The molecule has 0 spiro atoms. The Hall–Kier alpha value is -0.960. The fraction of sp³-hybridized carbons (Fsp3) is 0.273. The highest BCUT2D eigenvalue weighted by Crippen LogP contribution is 2.42. The monoisotopic (exact) mass is 250 g/mol. The number of fused-ring (bicyclic) bond motifs is 1. The maximum absolute atomic E-state index is 5.92. The van der Waals surface area contributed by atoms with E-state index < -0.39 is 0 Å². The summed E-state index contributed by atoms with van der Waals surface area (Å²) in [6, 6.07) is 6.12. The van der Waals surface area contributed by atoms with Crippen LogP contribution in [0, 0.1) is 0 Å². The third-order valence-corrected chi connectivity index (χ3v) is 3.48. The van der Waals surface area contributed by atoms with E-state index in [0.717, 1.165) is 27.0 Å². The normalized spacial score (nSPS) is 16.4. The Kier molecular flexibility index (Phi) is 1.65. The van der Waals surface area contributed by atoms with Crippen LogP contribution >= 0.6 is 15.9 Å². The zero-order valence-electron chi connectivity index (χ0n) is 7.68. The zero-order chi connectivity index (χ0) is 9.71. The van der Waals surface area contributed by atoms with Crippen LogP contribution in [-0.4, -0.2) is 4.98 Å². The van der Waals surface area contributed by atoms with Crippen LogP contribution in [0.15, 0.2) is 22.7 Å². The van der Waals surface area contributed by atoms with Crippen molar-refractivity contribution in [1.29, 1.82) is 0 Å². The smallest absolute Gasteiger partial charge is 0.0621 e. The van der Waals surface area contributed by atoms with Gasteiger partial charge in [0, 0.05) is 21.2 Å². The molecule has 1 fully saturated rings. The molecule has 0 saturated heterocycles. The summed E-state index contributed by atoms with van der Waals surface area (Å²) in [4.78, 5) is 3.44. The summed E-state index contributed by atoms with van der Waals surface area (Å²) in [5, 5.41) is 1.14. The number of nitrogen functional groups attached to an aromatic ring is 1. The number of aromatic amines is 1. The van der Waals surface area contributed by atoms with E-state index in [1.54, 1.807) is 0 Å². The van der Waals surface area contributed by atoms with Crippen molar-refractivity contribution in [3.05, 3.63) is 28.4 Å². The largest absolute Gasteiger partial charge is 0.398 e. The molecule has 0 radical (unpaired) electrons. The highest BCUT2D eigenvalue weighted by atomic mass is 79.9. The average molecular weight is 251 g/mol. The first kappa shape index (κ1) is 8.36. The first-order valence-electron chi connectivity index (χ1n) is 4.82. The molecule has 1 aliphatic rings. The maximum Gasteiger partial charge on any atom is 0.0621 e. The highest BCUT2D eigenvalue weighted by Gasteiger charge is 2.25. The molecule has 2 aromatic rings. The Balaban J connectivity index is 2.30. The van der Waals surface area contributed by atoms with Crippen molar-refractivity contribution in [1.82, 2.24) is 4.98 Å². The van der Waals surface area contributed by atoms with Gasteiger partial charge in [0.2, 0.25) is 0 Å². The minimum atomic E-state index is 0.744. The Labute approximate surface area is 90.6 Å². The van der Waals surface area contributed by atoms with Gasteiger partial charge in [0.25, 0.3) is 0 Å². The lowest BCUT2D eigenvalue weighted by atomic mass is 10.2. The molecule has 0 amide bonds. The van der Waals surface area contributed by atoms with Crippen molar-refractivity contribution < 1.29 is 0 Å². The molecule has 14 heavy (non-hydrogen) atoms. The molecule has 2 nitrogen and oxygen atoms in total. The summed E-state index contributed by atoms with van der Waals surface area (Å²) in [6.07, 6.45) is 2.62. The van der Waals surface area contributed by atoms with Crippen LogP contribution in [0.2, 0.25) is 0 Å². The summed E-state index contributed by atoms with van der Waals surface area (Å²) in [5.74, 6) is 0.744. The molecule has 1 saturated carbocycles. The molecular formula is C11H11BrN2. The molecule has 1 aromatic heterocycles. The number of aromatic nitrogens is 1. The Morgan fingerprint density at radius 1 is 1.36 bits per heavy atom. The molecule has 0 atom stereocenters. The Bertz CT molecular complexity index is 458. The molecule has 3 N–H and O–H groups in total. The molecule has 1 aromatic carbocycles. The predicted octanol–water partition coefficient (Wildman–Crippen LogP) is 3.39. The van der Waals surface area contributed by atoms with Gasteiger partial charge in [0.15, 0.2) is 0 Å². The van der Waals surface area contributed by atoms with E-state index in [-0.39, 0.29) is 0 Å². The fourth-order valence-corrected chi connectivity index (χ4v) is 2.29. The van der Waals surface area contributed by atoms with Crippen molar-refractivity contribution in [3.63, 3.8) is 0 Å². The summed E-state index contributed by atoms with van der Waals surface area (Å²) in [5.41, 5.74) is 9.23. The molecular weight excluding hydrogens is 240 g/mol. The summed E-state index contributed by atoms with van der Waals surface area (Å²) in [7, 11) is 0. The van der Waals surface area contributed by atoms with Crippen LogP contribution in [0.25, 0.3) is 10.9 Å². The lowest BCUT2D eigenvalue weighted by Crippen LogP contribution is -1.84. The summed E-state index contributed by atoms with van der Waals surface area (Å²) in [6.45, 7) is 0. The Morgan fingerprint density at radius 3 is 2.79 bits per heavy atom. The standard InChI is InChI=1S/C11H11BrN2/c12-8-3-4-9(13)7-5-10(6-1-2-6)14-11(7)8/h3-6,14H,1-2,13H2. The van der Waals surface area contributed by atoms with E-state index in [0.29, 0.717) is 0 Å². The van der Waals surface area contributed by atoms with E-state index in [1.165, 1.54) is 18.5 Å². The fourth-order valence-electron chi connectivity index (χ4n) is 1.84. The maximum atomic E-state index is 5.92. The van der Waals surface area contributed by atoms with Crippen molar-refractivity contribution >= 4 is 32.5 Å². The minimum absolute atomic E-state index is 0.744. The second-order valence-electron chi connectivity index (χ2n) is 3.92. The molecule has 72 valence electrons. The quantitative estimate of drug-likeness (QED) is 0.749. The first-order valence-corrected chi connectivity index (χ1v) is 5.61. The van der Waals surface area contributed by atoms with Crippen LogP contribution in [-0.2, 0) is 0 Å². The van der Waals surface area contributed by atoms with Crippen LogP contribution in [0.3, 0.4) is 0 Å². The van der Waals surface area contributed by atoms with Gasteiger partial charge in [-0.1, -0.05) is 0 Å². The molecule has 3 rings (SSSR count). The predicted molar refractivity (Wildman–Crippen MR) is 62.4 cm³/mol. The van der Waals surface area contributed by atoms with Crippen LogP contribution in [0.4, 0.5) is 5.69 Å². The van der Waals surface area contributed by atoms with Gasteiger partial charge in [0.1, 0.15) is 0 Å². The topological polar surface area (TPSA) is 41.8 Å². The minimum Gasteiger partial charge on any atom is -0.398 e. The van der Waals surface area contributed by atoms with Crippen molar-refractivity contribution in [3.8, 4) is 0 Å². The molecule has 0 unspecified atom stereocenters. The molecule has 1 aliphatic carbocycles. The van der Waals surface area contributed by atoms with Gasteiger partial charge in [-0.05, 0) is 52.9 Å². The van der Waals surface area contributed by atoms with Crippen LogP contribution < -0.4 is 5.73 Å². The second-order valence-corrected chi connectivity index (χ2v) is 4.78. The number of hydrogen-bond donors (Lipinski definition) is 2. The molecule has 0 bridgehead atoms. The average Bonchev–Trinajstić information content (AvgIpc) is 2.92. The number of rotatable bonds is 1. The van der Waals surface area contributed by atoms with E-state index in [4.69, 9.17) is 5.73 Å².